The largest absolute Gasteiger partial charge is 0.507 e. The highest BCUT2D eigenvalue weighted by molar-refractivity contribution is 8.18. The number of carbonyl (C=O) groups excluding carboxylic acids is 1. The van der Waals surface area contributed by atoms with Crippen LogP contribution in [0.2, 0.25) is 10.0 Å². The van der Waals surface area contributed by atoms with Crippen molar-refractivity contribution < 1.29 is 9.90 Å². The summed E-state index contributed by atoms with van der Waals surface area (Å²) >= 11 is 13.4. The molecule has 0 saturated carbocycles. The summed E-state index contributed by atoms with van der Waals surface area (Å²) in [5.41, 5.74) is 3.42. The second-order valence-electron chi connectivity index (χ2n) is 7.54. The lowest BCUT2D eigenvalue weighted by atomic mass is 9.99. The van der Waals surface area contributed by atoms with Crippen LogP contribution in [0.5, 0.6) is 5.75 Å². The molecule has 1 N–H and O–H groups in total. The average Bonchev–Trinajstić information content (AvgIpc) is 3.41. The third-order valence-electron chi connectivity index (χ3n) is 5.35. The van der Waals surface area contributed by atoms with E-state index in [-0.39, 0.29) is 17.7 Å². The lowest BCUT2D eigenvalue weighted by Crippen LogP contribution is -2.23. The topological polar surface area (TPSA) is 65.3 Å². The molecule has 2 aliphatic heterocycles. The van der Waals surface area contributed by atoms with E-state index in [1.807, 2.05) is 54.6 Å². The van der Waals surface area contributed by atoms with Crippen molar-refractivity contribution in [1.29, 1.82) is 0 Å². The van der Waals surface area contributed by atoms with Gasteiger partial charge in [-0.3, -0.25) is 4.79 Å². The summed E-state index contributed by atoms with van der Waals surface area (Å²) in [6.07, 6.45) is 2.26. The highest BCUT2D eigenvalue weighted by Crippen LogP contribution is 2.40. The van der Waals surface area contributed by atoms with Crippen LogP contribution < -0.4 is 0 Å². The number of thioether (sulfide) groups is 1. The van der Waals surface area contributed by atoms with Crippen molar-refractivity contribution in [2.45, 2.75) is 12.5 Å². The molecule has 3 aromatic carbocycles. The van der Waals surface area contributed by atoms with Gasteiger partial charge < -0.3 is 5.11 Å². The Bertz CT molecular complexity index is 1320. The first-order valence-electron chi connectivity index (χ1n) is 10.2. The lowest BCUT2D eigenvalue weighted by molar-refractivity contribution is -0.113. The van der Waals surface area contributed by atoms with Crippen LogP contribution >= 0.6 is 35.0 Å². The zero-order valence-electron chi connectivity index (χ0n) is 17.2. The molecule has 5 nitrogen and oxygen atoms in total. The number of aliphatic imine (C=N–C) groups is 1. The zero-order chi connectivity index (χ0) is 22.9. The minimum atomic E-state index is -0.382. The zero-order valence-corrected chi connectivity index (χ0v) is 19.5. The van der Waals surface area contributed by atoms with Gasteiger partial charge in [0.15, 0.2) is 5.17 Å². The van der Waals surface area contributed by atoms with Crippen LogP contribution in [-0.2, 0) is 4.79 Å². The quantitative estimate of drug-likeness (QED) is 0.421. The average molecular weight is 494 g/mol. The summed E-state index contributed by atoms with van der Waals surface area (Å²) in [5, 5.41) is 18.4. The molecule has 1 amide bonds. The van der Waals surface area contributed by atoms with E-state index >= 15 is 0 Å². The van der Waals surface area contributed by atoms with E-state index in [1.54, 1.807) is 23.2 Å². The Kier molecular flexibility index (Phi) is 5.98. The van der Waals surface area contributed by atoms with E-state index < -0.39 is 0 Å². The van der Waals surface area contributed by atoms with Crippen molar-refractivity contribution in [1.82, 2.24) is 5.01 Å². The van der Waals surface area contributed by atoms with E-state index in [1.165, 1.54) is 17.8 Å². The number of hydrogen-bond acceptors (Lipinski definition) is 5. The van der Waals surface area contributed by atoms with E-state index in [9.17, 15) is 9.90 Å². The van der Waals surface area contributed by atoms with Crippen molar-refractivity contribution in [3.8, 4) is 5.75 Å². The van der Waals surface area contributed by atoms with E-state index in [4.69, 9.17) is 28.3 Å². The Balaban J connectivity index is 1.49. The molecule has 1 atom stereocenters. The highest BCUT2D eigenvalue weighted by Gasteiger charge is 2.36. The van der Waals surface area contributed by atoms with Gasteiger partial charge in [0.1, 0.15) is 5.75 Å². The molecule has 3 aromatic rings. The Morgan fingerprint density at radius 2 is 1.73 bits per heavy atom. The van der Waals surface area contributed by atoms with Gasteiger partial charge in [-0.2, -0.15) is 10.1 Å². The number of benzene rings is 3. The maximum absolute atomic E-state index is 12.7. The molecule has 0 saturated heterocycles. The normalized spacial score (nSPS) is 19.2. The second kappa shape index (κ2) is 9.06. The predicted molar refractivity (Wildman–Crippen MR) is 135 cm³/mol. The fourth-order valence-corrected chi connectivity index (χ4v) is 4.93. The summed E-state index contributed by atoms with van der Waals surface area (Å²) in [5.74, 6) is -0.342. The van der Waals surface area contributed by atoms with Gasteiger partial charge in [-0.15, -0.1) is 0 Å². The number of aromatic hydroxyl groups is 1. The van der Waals surface area contributed by atoms with Crippen LogP contribution in [0.4, 0.5) is 0 Å². The molecule has 0 aliphatic carbocycles. The molecular weight excluding hydrogens is 477 g/mol. The Morgan fingerprint density at radius 3 is 2.48 bits per heavy atom. The monoisotopic (exact) mass is 493 g/mol. The van der Waals surface area contributed by atoms with Gasteiger partial charge in [0.2, 0.25) is 0 Å². The molecule has 0 bridgehead atoms. The van der Waals surface area contributed by atoms with E-state index in [0.717, 1.165) is 16.8 Å². The standard InChI is InChI=1S/C25H17Cl2N3O2S/c26-18-8-6-16(7-9-18)21-14-20(15-4-2-1-3-5-15)29-30(21)25-28-24(32)23(33-25)13-17-12-19(27)10-11-22(17)31/h1-13,21,31H,14H2/b23-13-. The van der Waals surface area contributed by atoms with Crippen molar-refractivity contribution in [3.05, 3.63) is 104 Å². The molecule has 0 radical (unpaired) electrons. The van der Waals surface area contributed by atoms with Gasteiger partial charge in [-0.25, -0.2) is 5.01 Å². The van der Waals surface area contributed by atoms with Crippen molar-refractivity contribution in [2.24, 2.45) is 10.1 Å². The molecule has 1 unspecified atom stereocenters. The summed E-state index contributed by atoms with van der Waals surface area (Å²) in [6.45, 7) is 0. The fourth-order valence-electron chi connectivity index (χ4n) is 3.71. The number of carbonyl (C=O) groups is 1. The summed E-state index contributed by atoms with van der Waals surface area (Å²) in [6, 6.07) is 22.1. The smallest absolute Gasteiger partial charge is 0.286 e. The third kappa shape index (κ3) is 4.55. The van der Waals surface area contributed by atoms with Gasteiger partial charge in [0.25, 0.3) is 5.91 Å². The molecule has 164 valence electrons. The Hall–Kier alpha value is -3.06. The van der Waals surface area contributed by atoms with Crippen LogP contribution in [-0.4, -0.2) is 26.9 Å². The van der Waals surface area contributed by atoms with Crippen LogP contribution in [0.1, 0.15) is 29.2 Å². The fraction of sp³-hybridized carbons (Fsp3) is 0.0800. The van der Waals surface area contributed by atoms with E-state index in [2.05, 4.69) is 4.99 Å². The molecule has 33 heavy (non-hydrogen) atoms. The molecule has 0 fully saturated rings. The number of hydrogen-bond donors (Lipinski definition) is 1. The number of amidine groups is 1. The van der Waals surface area contributed by atoms with Crippen LogP contribution in [0, 0.1) is 0 Å². The summed E-state index contributed by atoms with van der Waals surface area (Å²) < 4.78 is 0. The summed E-state index contributed by atoms with van der Waals surface area (Å²) in [7, 11) is 0. The molecule has 0 spiro atoms. The Labute approximate surface area is 205 Å². The third-order valence-corrected chi connectivity index (χ3v) is 6.81. The predicted octanol–water partition coefficient (Wildman–Crippen LogP) is 6.52. The van der Waals surface area contributed by atoms with Crippen LogP contribution in [0.25, 0.3) is 6.08 Å². The van der Waals surface area contributed by atoms with Crippen molar-refractivity contribution in [3.63, 3.8) is 0 Å². The number of phenols is 1. The highest BCUT2D eigenvalue weighted by atomic mass is 35.5. The molecule has 2 heterocycles. The molecule has 0 aromatic heterocycles. The van der Waals surface area contributed by atoms with Gasteiger partial charge in [0.05, 0.1) is 16.7 Å². The number of hydrazone groups is 1. The maximum Gasteiger partial charge on any atom is 0.286 e. The second-order valence-corrected chi connectivity index (χ2v) is 9.42. The molecule has 5 rings (SSSR count). The minimum Gasteiger partial charge on any atom is -0.507 e. The van der Waals surface area contributed by atoms with Gasteiger partial charge in [-0.05, 0) is 59.3 Å². The van der Waals surface area contributed by atoms with Crippen LogP contribution in [0.3, 0.4) is 0 Å². The maximum atomic E-state index is 12.7. The van der Waals surface area contributed by atoms with E-state index in [0.29, 0.717) is 32.1 Å². The summed E-state index contributed by atoms with van der Waals surface area (Å²) in [4.78, 5) is 17.4. The molecule has 8 heteroatoms. The van der Waals surface area contributed by atoms with Gasteiger partial charge in [-0.1, -0.05) is 65.7 Å². The first-order valence-corrected chi connectivity index (χ1v) is 11.7. The number of phenolic OH excluding ortho intramolecular Hbond substituents is 1. The first-order chi connectivity index (χ1) is 16.0. The van der Waals surface area contributed by atoms with Gasteiger partial charge in [0, 0.05) is 22.0 Å². The van der Waals surface area contributed by atoms with Crippen molar-refractivity contribution in [2.75, 3.05) is 0 Å². The van der Waals surface area contributed by atoms with Crippen LogP contribution in [0.15, 0.2) is 87.8 Å². The number of nitrogens with zero attached hydrogens (tertiary/aromatic N) is 3. The van der Waals surface area contributed by atoms with Gasteiger partial charge >= 0.3 is 0 Å². The molecule has 2 aliphatic rings. The SMILES string of the molecule is O=C1N=C(N2N=C(c3ccccc3)CC2c2ccc(Cl)cc2)S/C1=C\c1cc(Cl)ccc1O. The Morgan fingerprint density at radius 1 is 1.00 bits per heavy atom. The number of amides is 1. The number of halogens is 2. The van der Waals surface area contributed by atoms with Crippen molar-refractivity contribution >= 4 is 57.8 Å². The number of rotatable bonds is 3. The minimum absolute atomic E-state index is 0.0401. The molecular formula is C25H17Cl2N3O2S. The lowest BCUT2D eigenvalue weighted by Gasteiger charge is -2.22. The first kappa shape index (κ1) is 21.8.